The maximum atomic E-state index is 11.1. The van der Waals surface area contributed by atoms with Crippen molar-refractivity contribution in [3.8, 4) is 0 Å². The third kappa shape index (κ3) is 1.68. The lowest BCUT2D eigenvalue weighted by Crippen LogP contribution is -1.99. The first kappa shape index (κ1) is 10.7. The van der Waals surface area contributed by atoms with Gasteiger partial charge in [0, 0.05) is 17.1 Å². The molecule has 0 aliphatic heterocycles. The van der Waals surface area contributed by atoms with Gasteiger partial charge in [-0.15, -0.1) is 0 Å². The number of benzene rings is 1. The minimum absolute atomic E-state index is 0.325. The molecule has 0 saturated heterocycles. The molecule has 18 heavy (non-hydrogen) atoms. The van der Waals surface area contributed by atoms with Crippen LogP contribution in [0.25, 0.3) is 10.9 Å². The molecule has 2 heterocycles. The Labute approximate surface area is 103 Å². The zero-order valence-electron chi connectivity index (χ0n) is 9.54. The van der Waals surface area contributed by atoms with Crippen molar-refractivity contribution in [2.75, 3.05) is 0 Å². The summed E-state index contributed by atoms with van der Waals surface area (Å²) in [7, 11) is 0. The highest BCUT2D eigenvalue weighted by Crippen LogP contribution is 2.21. The van der Waals surface area contributed by atoms with Crippen LogP contribution in [0, 0.1) is 0 Å². The van der Waals surface area contributed by atoms with Gasteiger partial charge in [0.15, 0.2) is 0 Å². The smallest absolute Gasteiger partial charge is 0.336 e. The lowest BCUT2D eigenvalue weighted by atomic mass is 10.1. The number of carboxylic acid groups (broad SMARTS) is 1. The third-order valence-electron chi connectivity index (χ3n) is 2.95. The molecule has 0 atom stereocenters. The van der Waals surface area contributed by atoms with Crippen molar-refractivity contribution in [3.63, 3.8) is 0 Å². The number of hydrogen-bond donors (Lipinski definition) is 1. The fraction of sp³-hybridized carbons (Fsp3) is 0.0714. The summed E-state index contributed by atoms with van der Waals surface area (Å²) in [5.74, 6) is -0.0652. The Balaban J connectivity index is 2.09. The summed E-state index contributed by atoms with van der Waals surface area (Å²) >= 11 is 0. The van der Waals surface area contributed by atoms with Crippen LogP contribution in [0.1, 0.15) is 16.1 Å². The number of aromatic nitrogens is 1. The van der Waals surface area contributed by atoms with Gasteiger partial charge in [0.05, 0.1) is 18.4 Å². The minimum atomic E-state index is -0.906. The van der Waals surface area contributed by atoms with Crippen LogP contribution >= 0.6 is 0 Å². The van der Waals surface area contributed by atoms with Gasteiger partial charge in [0.2, 0.25) is 0 Å². The molecule has 0 unspecified atom stereocenters. The quantitative estimate of drug-likeness (QED) is 0.766. The normalized spacial score (nSPS) is 10.9. The van der Waals surface area contributed by atoms with Crippen molar-refractivity contribution in [2.24, 2.45) is 0 Å². The second-order valence-corrected chi connectivity index (χ2v) is 4.07. The molecule has 0 radical (unpaired) electrons. The maximum Gasteiger partial charge on any atom is 0.336 e. The number of hydrogen-bond acceptors (Lipinski definition) is 2. The van der Waals surface area contributed by atoms with Crippen LogP contribution in [0.2, 0.25) is 0 Å². The number of furan rings is 1. The van der Waals surface area contributed by atoms with E-state index in [1.807, 2.05) is 35.0 Å². The Kier molecular flexibility index (Phi) is 2.41. The third-order valence-corrected chi connectivity index (χ3v) is 2.95. The molecule has 0 aliphatic rings. The number of carboxylic acids is 1. The van der Waals surface area contributed by atoms with E-state index in [4.69, 9.17) is 9.52 Å². The fourth-order valence-electron chi connectivity index (χ4n) is 2.12. The monoisotopic (exact) mass is 241 g/mol. The molecule has 1 N–H and O–H groups in total. The Bertz CT molecular complexity index is 695. The number of rotatable bonds is 3. The first-order valence-corrected chi connectivity index (χ1v) is 5.59. The average Bonchev–Trinajstić information content (AvgIpc) is 2.99. The van der Waals surface area contributed by atoms with E-state index < -0.39 is 5.97 Å². The zero-order valence-corrected chi connectivity index (χ0v) is 9.54. The molecule has 0 spiro atoms. The average molecular weight is 241 g/mol. The highest BCUT2D eigenvalue weighted by molar-refractivity contribution is 6.02. The van der Waals surface area contributed by atoms with E-state index in [-0.39, 0.29) is 0 Å². The van der Waals surface area contributed by atoms with Gasteiger partial charge in [-0.2, -0.15) is 0 Å². The van der Waals surface area contributed by atoms with Crippen molar-refractivity contribution in [3.05, 3.63) is 60.2 Å². The predicted octanol–water partition coefficient (Wildman–Crippen LogP) is 2.98. The molecule has 0 bridgehead atoms. The Morgan fingerprint density at radius 3 is 2.83 bits per heavy atom. The highest BCUT2D eigenvalue weighted by Gasteiger charge is 2.11. The van der Waals surface area contributed by atoms with Gasteiger partial charge >= 0.3 is 5.97 Å². The summed E-state index contributed by atoms with van der Waals surface area (Å²) in [6, 6.07) is 10.8. The van der Waals surface area contributed by atoms with Crippen molar-refractivity contribution in [1.29, 1.82) is 0 Å². The molecule has 3 aromatic rings. The lowest BCUT2D eigenvalue weighted by Gasteiger charge is -2.03. The molecule has 90 valence electrons. The molecule has 2 aromatic heterocycles. The zero-order chi connectivity index (χ0) is 12.5. The molecule has 0 saturated carbocycles. The summed E-state index contributed by atoms with van der Waals surface area (Å²) in [6.07, 6.45) is 3.50. The molecular formula is C14H11NO3. The van der Waals surface area contributed by atoms with Crippen LogP contribution in [0.4, 0.5) is 0 Å². The van der Waals surface area contributed by atoms with Crippen molar-refractivity contribution in [1.82, 2.24) is 4.57 Å². The standard InChI is InChI=1S/C14H11NO3/c16-14(17)12-4-1-5-13-11(12)6-7-15(13)9-10-3-2-8-18-10/h1-8H,9H2,(H,16,17). The van der Waals surface area contributed by atoms with E-state index in [1.54, 1.807) is 18.4 Å². The van der Waals surface area contributed by atoms with Crippen LogP contribution in [0.3, 0.4) is 0 Å². The predicted molar refractivity (Wildman–Crippen MR) is 66.7 cm³/mol. The van der Waals surface area contributed by atoms with Crippen LogP contribution in [-0.4, -0.2) is 15.6 Å². The van der Waals surface area contributed by atoms with Crippen LogP contribution in [0.15, 0.2) is 53.3 Å². The van der Waals surface area contributed by atoms with Crippen molar-refractivity contribution in [2.45, 2.75) is 6.54 Å². The van der Waals surface area contributed by atoms with Crippen LogP contribution in [-0.2, 0) is 6.54 Å². The van der Waals surface area contributed by atoms with Crippen LogP contribution < -0.4 is 0 Å². The molecule has 4 nitrogen and oxygen atoms in total. The second kappa shape index (κ2) is 4.07. The Morgan fingerprint density at radius 2 is 2.11 bits per heavy atom. The molecule has 4 heteroatoms. The number of nitrogens with zero attached hydrogens (tertiary/aromatic N) is 1. The van der Waals surface area contributed by atoms with E-state index >= 15 is 0 Å². The SMILES string of the molecule is O=C(O)c1cccc2c1ccn2Cc1ccco1. The number of aromatic carboxylic acids is 1. The first-order valence-electron chi connectivity index (χ1n) is 5.59. The first-order chi connectivity index (χ1) is 8.75. The number of carbonyl (C=O) groups is 1. The van der Waals surface area contributed by atoms with E-state index in [0.29, 0.717) is 12.1 Å². The van der Waals surface area contributed by atoms with Crippen molar-refractivity contribution < 1.29 is 14.3 Å². The summed E-state index contributed by atoms with van der Waals surface area (Å²) in [5, 5.41) is 9.87. The molecule has 0 aliphatic carbocycles. The van der Waals surface area contributed by atoms with Crippen molar-refractivity contribution >= 4 is 16.9 Å². The topological polar surface area (TPSA) is 55.4 Å². The fourth-order valence-corrected chi connectivity index (χ4v) is 2.12. The van der Waals surface area contributed by atoms with Gasteiger partial charge < -0.3 is 14.1 Å². The van der Waals surface area contributed by atoms with E-state index in [2.05, 4.69) is 0 Å². The van der Waals surface area contributed by atoms with Crippen LogP contribution in [0.5, 0.6) is 0 Å². The summed E-state index contributed by atoms with van der Waals surface area (Å²) < 4.78 is 7.27. The molecule has 0 fully saturated rings. The summed E-state index contributed by atoms with van der Waals surface area (Å²) in [5.41, 5.74) is 1.22. The molecular weight excluding hydrogens is 230 g/mol. The Morgan fingerprint density at radius 1 is 1.22 bits per heavy atom. The lowest BCUT2D eigenvalue weighted by molar-refractivity contribution is 0.0699. The van der Waals surface area contributed by atoms with Gasteiger partial charge in [-0.1, -0.05) is 6.07 Å². The van der Waals surface area contributed by atoms with E-state index in [9.17, 15) is 4.79 Å². The summed E-state index contributed by atoms with van der Waals surface area (Å²) in [6.45, 7) is 0.597. The van der Waals surface area contributed by atoms with Gasteiger partial charge in [-0.05, 0) is 30.3 Å². The molecule has 1 aromatic carbocycles. The highest BCUT2D eigenvalue weighted by atomic mass is 16.4. The minimum Gasteiger partial charge on any atom is -0.478 e. The second-order valence-electron chi connectivity index (χ2n) is 4.07. The van der Waals surface area contributed by atoms with Gasteiger partial charge in [-0.25, -0.2) is 4.79 Å². The van der Waals surface area contributed by atoms with Gasteiger partial charge in [0.25, 0.3) is 0 Å². The van der Waals surface area contributed by atoms with E-state index in [1.165, 1.54) is 0 Å². The maximum absolute atomic E-state index is 11.1. The molecule has 3 rings (SSSR count). The Hall–Kier alpha value is -2.49. The van der Waals surface area contributed by atoms with Gasteiger partial charge in [0.1, 0.15) is 5.76 Å². The number of fused-ring (bicyclic) bond motifs is 1. The molecule has 0 amide bonds. The summed E-state index contributed by atoms with van der Waals surface area (Å²) in [4.78, 5) is 11.1. The van der Waals surface area contributed by atoms with E-state index in [0.717, 1.165) is 16.7 Å². The largest absolute Gasteiger partial charge is 0.478 e. The van der Waals surface area contributed by atoms with Gasteiger partial charge in [-0.3, -0.25) is 0 Å².